The quantitative estimate of drug-likeness (QED) is 0.308. The van der Waals surface area contributed by atoms with Gasteiger partial charge in [0.2, 0.25) is 0 Å². The monoisotopic (exact) mass is 304 g/mol. The van der Waals surface area contributed by atoms with Crippen LogP contribution in [0.4, 0.5) is 0 Å². The number of hydrogen-bond acceptors (Lipinski definition) is 0. The maximum absolute atomic E-state index is 0. The summed E-state index contributed by atoms with van der Waals surface area (Å²) in [6, 6.07) is 0. The van der Waals surface area contributed by atoms with Crippen LogP contribution in [0.1, 0.15) is 0 Å². The van der Waals surface area contributed by atoms with Crippen LogP contribution in [0, 0.1) is 0 Å². The van der Waals surface area contributed by atoms with E-state index < -0.39 is 0 Å². The third-order valence-corrected chi connectivity index (χ3v) is 0. The number of rotatable bonds is 0. The van der Waals surface area contributed by atoms with Gasteiger partial charge in [-0.2, -0.15) is 0 Å². The maximum atomic E-state index is 0. The van der Waals surface area contributed by atoms with Crippen molar-refractivity contribution in [3.05, 3.63) is 0 Å². The van der Waals surface area contributed by atoms with Gasteiger partial charge in [-0.25, -0.2) is 0 Å². The molecule has 0 spiro atoms. The van der Waals surface area contributed by atoms with E-state index in [2.05, 4.69) is 0 Å². The van der Waals surface area contributed by atoms with Gasteiger partial charge in [-0.05, 0) is 0 Å². The molecule has 0 saturated carbocycles. The zero-order chi connectivity index (χ0) is 0. The van der Waals surface area contributed by atoms with Crippen molar-refractivity contribution < 1.29 is 40.5 Å². The van der Waals surface area contributed by atoms with Crippen LogP contribution in [0.3, 0.4) is 0 Å². The molecule has 0 aromatic heterocycles. The molecule has 0 N–H and O–H groups in total. The van der Waals surface area contributed by atoms with Gasteiger partial charge in [0.15, 0.2) is 0 Å². The average Bonchev–Trinajstić information content (AvgIpc) is 0. The van der Waals surface area contributed by atoms with Crippen molar-refractivity contribution in [2.45, 2.75) is 0 Å². The van der Waals surface area contributed by atoms with Crippen molar-refractivity contribution in [1.29, 1.82) is 0 Å². The Morgan fingerprint density at radius 3 is 0.300 bits per heavy atom. The summed E-state index contributed by atoms with van der Waals surface area (Å²) in [5.74, 6) is 0. The van der Waals surface area contributed by atoms with Crippen molar-refractivity contribution >= 4 is 62.0 Å². The second-order valence-electron chi connectivity index (χ2n) is 0. The third kappa shape index (κ3) is 220. The van der Waals surface area contributed by atoms with E-state index in [-0.39, 0.29) is 103 Å². The normalized spacial score (nSPS) is 0. The summed E-state index contributed by atoms with van der Waals surface area (Å²) in [5.41, 5.74) is 0. The second-order valence-corrected chi connectivity index (χ2v) is 0. The van der Waals surface area contributed by atoms with Crippen molar-refractivity contribution in [2.75, 3.05) is 0 Å². The molecule has 0 aliphatic carbocycles. The van der Waals surface area contributed by atoms with Gasteiger partial charge in [-0.15, -0.1) is 62.0 Å². The van der Waals surface area contributed by atoms with E-state index in [9.17, 15) is 0 Å². The van der Waals surface area contributed by atoms with Crippen LogP contribution in [-0.4, -0.2) is 0 Å². The van der Waals surface area contributed by atoms with E-state index in [1.807, 2.05) is 0 Å². The molecule has 10 heteroatoms. The largest absolute Gasteiger partial charge is 4.00 e. The molecular formula is H5Cl5F4Ti. The van der Waals surface area contributed by atoms with Crippen LogP contribution in [0.5, 0.6) is 0 Å². The van der Waals surface area contributed by atoms with Crippen LogP contribution in [0.15, 0.2) is 0 Å². The average molecular weight is 306 g/mol. The molecule has 0 bridgehead atoms. The molecular weight excluding hydrogens is 301 g/mol. The fourth-order valence-electron chi connectivity index (χ4n) is 0. The Morgan fingerprint density at radius 1 is 0.300 bits per heavy atom. The molecule has 0 fully saturated rings. The second kappa shape index (κ2) is 300. The summed E-state index contributed by atoms with van der Waals surface area (Å²) in [4.78, 5) is 0. The van der Waals surface area contributed by atoms with Gasteiger partial charge in [0.25, 0.3) is 0 Å². The van der Waals surface area contributed by atoms with Crippen LogP contribution in [0.25, 0.3) is 0 Å². The standard InChI is InChI=1S/5ClH.4FH.Ti/h9*1H;/q;;;;;;;;;+4/p-4. The Morgan fingerprint density at radius 2 is 0.300 bits per heavy atom. The third-order valence-electron chi connectivity index (χ3n) is 0. The first kappa shape index (κ1) is 397. The topological polar surface area (TPSA) is 0 Å². The van der Waals surface area contributed by atoms with Gasteiger partial charge in [0, 0.05) is 0 Å². The van der Waals surface area contributed by atoms with Gasteiger partial charge in [-0.3, -0.25) is 0 Å². The van der Waals surface area contributed by atoms with E-state index in [1.54, 1.807) is 0 Å². The summed E-state index contributed by atoms with van der Waals surface area (Å²) in [6.07, 6.45) is 0. The molecule has 0 aromatic rings. The summed E-state index contributed by atoms with van der Waals surface area (Å²) in [6.45, 7) is 0. The van der Waals surface area contributed by atoms with Gasteiger partial charge in [-0.1, -0.05) is 0 Å². The number of hydrogen-bond donors (Lipinski definition) is 0. The minimum absolute atomic E-state index is 0. The van der Waals surface area contributed by atoms with Crippen molar-refractivity contribution in [2.24, 2.45) is 0 Å². The first-order valence-corrected chi connectivity index (χ1v) is 0. The van der Waals surface area contributed by atoms with Crippen LogP contribution in [-0.2, 0) is 21.7 Å². The Bertz CT molecular complexity index is 13.6. The smallest absolute Gasteiger partial charge is 1.00 e. The summed E-state index contributed by atoms with van der Waals surface area (Å²) in [5, 5.41) is 0. The Balaban J connectivity index is 0. The van der Waals surface area contributed by atoms with Gasteiger partial charge < -0.3 is 18.8 Å². The molecule has 72 valence electrons. The van der Waals surface area contributed by atoms with Crippen molar-refractivity contribution in [3.63, 3.8) is 0 Å². The summed E-state index contributed by atoms with van der Waals surface area (Å²) < 4.78 is 0. The van der Waals surface area contributed by atoms with E-state index in [1.165, 1.54) is 0 Å². The van der Waals surface area contributed by atoms with E-state index in [0.717, 1.165) is 0 Å². The fraction of sp³-hybridized carbons (Fsp3) is 0. The fourth-order valence-corrected chi connectivity index (χ4v) is 0. The molecule has 0 rings (SSSR count). The Labute approximate surface area is 102 Å². The Hall–Kier alpha value is 1.88. The Kier molecular flexibility index (Phi) is 11900. The zero-order valence-corrected chi connectivity index (χ0v) is 9.70. The van der Waals surface area contributed by atoms with E-state index in [0.29, 0.717) is 0 Å². The minimum atomic E-state index is 0. The van der Waals surface area contributed by atoms with Crippen LogP contribution < -0.4 is 18.8 Å². The molecule has 0 aliphatic rings. The molecule has 0 atom stereocenters. The molecule has 0 radical (unpaired) electrons. The van der Waals surface area contributed by atoms with Crippen LogP contribution in [0.2, 0.25) is 0 Å². The predicted molar refractivity (Wildman–Crippen MR) is 36.2 cm³/mol. The molecule has 0 aromatic carbocycles. The van der Waals surface area contributed by atoms with Gasteiger partial charge in [0.1, 0.15) is 0 Å². The van der Waals surface area contributed by atoms with Gasteiger partial charge in [0.05, 0.1) is 0 Å². The molecule has 0 amide bonds. The predicted octanol–water partition coefficient (Wildman–Crippen LogP) is -9.88. The molecule has 0 nitrogen and oxygen atoms in total. The van der Waals surface area contributed by atoms with E-state index in [4.69, 9.17) is 0 Å². The summed E-state index contributed by atoms with van der Waals surface area (Å²) >= 11 is 0. The van der Waals surface area contributed by atoms with Crippen molar-refractivity contribution in [3.8, 4) is 0 Å². The molecule has 0 saturated heterocycles. The number of halogens is 9. The maximum Gasteiger partial charge on any atom is 4.00 e. The molecule has 0 unspecified atom stereocenters. The molecule has 0 heterocycles. The summed E-state index contributed by atoms with van der Waals surface area (Å²) in [7, 11) is 0. The first-order valence-electron chi connectivity index (χ1n) is 0. The van der Waals surface area contributed by atoms with E-state index >= 15 is 0 Å². The van der Waals surface area contributed by atoms with Crippen molar-refractivity contribution in [1.82, 2.24) is 0 Å². The minimum Gasteiger partial charge on any atom is -1.00 e. The van der Waals surface area contributed by atoms with Crippen LogP contribution >= 0.6 is 62.0 Å². The first-order chi connectivity index (χ1) is 0. The molecule has 10 heavy (non-hydrogen) atoms. The SMILES string of the molecule is Cl.Cl.Cl.Cl.Cl.[F-].[F-].[F-].[F-].[Ti+4]. The van der Waals surface area contributed by atoms with Gasteiger partial charge >= 0.3 is 21.7 Å². The molecule has 0 aliphatic heterocycles. The zero-order valence-electron chi connectivity index (χ0n) is 4.05.